The molecule has 0 fully saturated rings. The third-order valence-corrected chi connectivity index (χ3v) is 4.34. The van der Waals surface area contributed by atoms with E-state index in [1.54, 1.807) is 0 Å². The van der Waals surface area contributed by atoms with Crippen LogP contribution < -0.4 is 15.4 Å². The number of nitrogens with zero attached hydrogens (tertiary/aromatic N) is 2. The summed E-state index contributed by atoms with van der Waals surface area (Å²) in [5.74, 6) is 1.67. The molecule has 1 heterocycles. The van der Waals surface area contributed by atoms with Gasteiger partial charge in [0.1, 0.15) is 12.4 Å². The van der Waals surface area contributed by atoms with Crippen LogP contribution in [0.3, 0.4) is 0 Å². The first kappa shape index (κ1) is 26.2. The molecule has 0 saturated heterocycles. The molecule has 30 heavy (non-hydrogen) atoms. The van der Waals surface area contributed by atoms with Crippen molar-refractivity contribution in [3.8, 4) is 5.75 Å². The molecule has 0 bridgehead atoms. The van der Waals surface area contributed by atoms with Gasteiger partial charge in [0, 0.05) is 37.2 Å². The molecule has 1 aromatic heterocycles. The lowest BCUT2D eigenvalue weighted by Crippen LogP contribution is -2.38. The van der Waals surface area contributed by atoms with Gasteiger partial charge in [-0.1, -0.05) is 18.2 Å². The second-order valence-electron chi connectivity index (χ2n) is 6.84. The fraction of sp³-hybridized carbons (Fsp3) is 0.478. The van der Waals surface area contributed by atoms with Gasteiger partial charge in [0.25, 0.3) is 0 Å². The smallest absolute Gasteiger partial charge is 0.191 e. The molecular formula is C23H35IN4O2. The normalized spacial score (nSPS) is 11.0. The van der Waals surface area contributed by atoms with Crippen LogP contribution in [0.1, 0.15) is 36.2 Å². The number of nitrogens with one attached hydrogen (secondary N) is 2. The SMILES string of the molecule is CCNC(=NCc1ccc(C)cc1OCCOCC)NCCc1ccc(C)nc1.I. The zero-order valence-electron chi connectivity index (χ0n) is 18.5. The van der Waals surface area contributed by atoms with Crippen LogP contribution in [-0.4, -0.2) is 43.9 Å². The summed E-state index contributed by atoms with van der Waals surface area (Å²) in [5.41, 5.74) is 4.48. The summed E-state index contributed by atoms with van der Waals surface area (Å²) < 4.78 is 11.3. The zero-order valence-corrected chi connectivity index (χ0v) is 20.9. The minimum Gasteiger partial charge on any atom is -0.491 e. The van der Waals surface area contributed by atoms with Gasteiger partial charge < -0.3 is 20.1 Å². The summed E-state index contributed by atoms with van der Waals surface area (Å²) in [7, 11) is 0. The lowest BCUT2D eigenvalue weighted by atomic mass is 10.1. The minimum atomic E-state index is 0. The Morgan fingerprint density at radius 2 is 1.90 bits per heavy atom. The Kier molecular flexibility index (Phi) is 13.1. The van der Waals surface area contributed by atoms with E-state index < -0.39 is 0 Å². The molecule has 0 aliphatic heterocycles. The number of ether oxygens (including phenoxy) is 2. The summed E-state index contributed by atoms with van der Waals surface area (Å²) in [6.45, 7) is 12.1. The number of aromatic nitrogens is 1. The monoisotopic (exact) mass is 526 g/mol. The van der Waals surface area contributed by atoms with Crippen LogP contribution in [0.15, 0.2) is 41.5 Å². The molecule has 0 aliphatic rings. The van der Waals surface area contributed by atoms with Gasteiger partial charge in [-0.15, -0.1) is 24.0 Å². The van der Waals surface area contributed by atoms with Crippen molar-refractivity contribution in [2.75, 3.05) is 32.9 Å². The molecule has 7 heteroatoms. The van der Waals surface area contributed by atoms with Crippen LogP contribution in [0.4, 0.5) is 0 Å². The molecule has 0 atom stereocenters. The number of aliphatic imine (C=N–C) groups is 1. The Balaban J connectivity index is 0.00000450. The summed E-state index contributed by atoms with van der Waals surface area (Å²) >= 11 is 0. The quantitative estimate of drug-likeness (QED) is 0.200. The van der Waals surface area contributed by atoms with Crippen LogP contribution >= 0.6 is 24.0 Å². The van der Waals surface area contributed by atoms with Crippen LogP contribution in [0.25, 0.3) is 0 Å². The highest BCUT2D eigenvalue weighted by atomic mass is 127. The highest BCUT2D eigenvalue weighted by Gasteiger charge is 2.05. The first-order chi connectivity index (χ1) is 14.1. The average molecular weight is 526 g/mol. The molecule has 0 spiro atoms. The molecule has 2 aromatic rings. The molecular weight excluding hydrogens is 491 g/mol. The number of pyridine rings is 1. The topological polar surface area (TPSA) is 67.8 Å². The van der Waals surface area contributed by atoms with Gasteiger partial charge in [-0.25, -0.2) is 4.99 Å². The molecule has 0 saturated carbocycles. The zero-order chi connectivity index (χ0) is 20.9. The lowest BCUT2D eigenvalue weighted by Gasteiger charge is -2.14. The third-order valence-electron chi connectivity index (χ3n) is 4.34. The van der Waals surface area contributed by atoms with E-state index in [4.69, 9.17) is 14.5 Å². The fourth-order valence-corrected chi connectivity index (χ4v) is 2.76. The van der Waals surface area contributed by atoms with Crippen LogP contribution in [0.2, 0.25) is 0 Å². The Morgan fingerprint density at radius 1 is 1.07 bits per heavy atom. The van der Waals surface area contributed by atoms with Gasteiger partial charge in [-0.3, -0.25) is 4.98 Å². The van der Waals surface area contributed by atoms with Gasteiger partial charge in [-0.2, -0.15) is 0 Å². The Labute approximate surface area is 197 Å². The minimum absolute atomic E-state index is 0. The van der Waals surface area contributed by atoms with Gasteiger partial charge in [-0.05, 0) is 57.4 Å². The summed E-state index contributed by atoms with van der Waals surface area (Å²) in [4.78, 5) is 9.08. The largest absolute Gasteiger partial charge is 0.491 e. The molecule has 2 rings (SSSR count). The third kappa shape index (κ3) is 9.75. The van der Waals surface area contributed by atoms with Crippen molar-refractivity contribution in [1.82, 2.24) is 15.6 Å². The standard InChI is InChI=1S/C23H34N4O2.HI/c1-5-24-23(25-12-11-20-9-8-19(4)26-16-20)27-17-21-10-7-18(3)15-22(21)29-14-13-28-6-2;/h7-10,15-16H,5-6,11-14,17H2,1-4H3,(H2,24,25,27);1H. The number of hydrogen-bond donors (Lipinski definition) is 2. The Bertz CT molecular complexity index is 766. The fourth-order valence-electron chi connectivity index (χ4n) is 2.76. The predicted octanol–water partition coefficient (Wildman–Crippen LogP) is 4.03. The second kappa shape index (κ2) is 15.0. The van der Waals surface area contributed by atoms with Crippen molar-refractivity contribution in [3.05, 3.63) is 58.9 Å². The van der Waals surface area contributed by atoms with Crippen molar-refractivity contribution in [3.63, 3.8) is 0 Å². The number of guanidine groups is 1. The maximum atomic E-state index is 5.92. The molecule has 0 unspecified atom stereocenters. The molecule has 0 amide bonds. The van der Waals surface area contributed by atoms with E-state index in [0.717, 1.165) is 42.5 Å². The van der Waals surface area contributed by atoms with Crippen LogP contribution in [0.5, 0.6) is 5.75 Å². The number of aryl methyl sites for hydroxylation is 2. The van der Waals surface area contributed by atoms with E-state index in [2.05, 4.69) is 53.7 Å². The van der Waals surface area contributed by atoms with E-state index >= 15 is 0 Å². The van der Waals surface area contributed by atoms with E-state index in [0.29, 0.717) is 26.4 Å². The number of halogens is 1. The average Bonchev–Trinajstić information content (AvgIpc) is 2.72. The summed E-state index contributed by atoms with van der Waals surface area (Å²) in [6.07, 6.45) is 2.83. The van der Waals surface area contributed by atoms with Crippen LogP contribution in [0, 0.1) is 13.8 Å². The van der Waals surface area contributed by atoms with E-state index in [-0.39, 0.29) is 24.0 Å². The van der Waals surface area contributed by atoms with Gasteiger partial charge in [0.2, 0.25) is 0 Å². The van der Waals surface area contributed by atoms with Gasteiger partial charge in [0.05, 0.1) is 13.2 Å². The van der Waals surface area contributed by atoms with Gasteiger partial charge in [0.15, 0.2) is 5.96 Å². The molecule has 6 nitrogen and oxygen atoms in total. The van der Waals surface area contributed by atoms with Crippen molar-refractivity contribution in [2.24, 2.45) is 4.99 Å². The van der Waals surface area contributed by atoms with E-state index in [1.165, 1.54) is 11.1 Å². The van der Waals surface area contributed by atoms with E-state index in [1.807, 2.05) is 26.1 Å². The summed E-state index contributed by atoms with van der Waals surface area (Å²) in [6, 6.07) is 10.4. The molecule has 0 aliphatic carbocycles. The van der Waals surface area contributed by atoms with Crippen molar-refractivity contribution >= 4 is 29.9 Å². The maximum absolute atomic E-state index is 5.92. The Morgan fingerprint density at radius 3 is 2.60 bits per heavy atom. The molecule has 0 radical (unpaired) electrons. The Hall–Kier alpha value is -1.87. The van der Waals surface area contributed by atoms with Crippen molar-refractivity contribution in [1.29, 1.82) is 0 Å². The lowest BCUT2D eigenvalue weighted by molar-refractivity contribution is 0.110. The second-order valence-corrected chi connectivity index (χ2v) is 6.84. The van der Waals surface area contributed by atoms with Crippen molar-refractivity contribution in [2.45, 2.75) is 40.7 Å². The molecule has 1 aromatic carbocycles. The maximum Gasteiger partial charge on any atom is 0.191 e. The number of rotatable bonds is 11. The molecule has 166 valence electrons. The van der Waals surface area contributed by atoms with Gasteiger partial charge >= 0.3 is 0 Å². The van der Waals surface area contributed by atoms with Crippen molar-refractivity contribution < 1.29 is 9.47 Å². The summed E-state index contributed by atoms with van der Waals surface area (Å²) in [5, 5.41) is 6.70. The highest BCUT2D eigenvalue weighted by molar-refractivity contribution is 14.0. The van der Waals surface area contributed by atoms with Crippen LogP contribution in [-0.2, 0) is 17.7 Å². The first-order valence-corrected chi connectivity index (χ1v) is 10.4. The predicted molar refractivity (Wildman–Crippen MR) is 134 cm³/mol. The first-order valence-electron chi connectivity index (χ1n) is 10.4. The highest BCUT2D eigenvalue weighted by Crippen LogP contribution is 2.21. The molecule has 2 N–H and O–H groups in total. The number of benzene rings is 1. The van der Waals surface area contributed by atoms with E-state index in [9.17, 15) is 0 Å². The number of hydrogen-bond acceptors (Lipinski definition) is 4.